The summed E-state index contributed by atoms with van der Waals surface area (Å²) in [6.07, 6.45) is 0.724. The van der Waals surface area contributed by atoms with Crippen molar-refractivity contribution in [3.05, 3.63) is 51.3 Å². The van der Waals surface area contributed by atoms with E-state index in [1.165, 1.54) is 0 Å². The molecule has 1 unspecified atom stereocenters. The Hall–Kier alpha value is -1.03. The van der Waals surface area contributed by atoms with Crippen LogP contribution in [0.2, 0.25) is 10.0 Å². The summed E-state index contributed by atoms with van der Waals surface area (Å²) in [4.78, 5) is 0. The van der Waals surface area contributed by atoms with Crippen LogP contribution in [0.25, 0.3) is 0 Å². The van der Waals surface area contributed by atoms with Crippen LogP contribution in [0.3, 0.4) is 0 Å². The van der Waals surface area contributed by atoms with Crippen molar-refractivity contribution in [3.8, 4) is 0 Å². The first-order valence-electron chi connectivity index (χ1n) is 5.70. The van der Waals surface area contributed by atoms with Gasteiger partial charge in [-0.2, -0.15) is 5.10 Å². The minimum Gasteiger partial charge on any atom is -0.382 e. The van der Waals surface area contributed by atoms with Gasteiger partial charge in [0, 0.05) is 11.6 Å². The molecule has 0 saturated heterocycles. The molecule has 1 heterocycles. The summed E-state index contributed by atoms with van der Waals surface area (Å²) in [6.45, 7) is 4.53. The van der Waals surface area contributed by atoms with Crippen molar-refractivity contribution in [2.24, 2.45) is 0 Å². The van der Waals surface area contributed by atoms with Crippen molar-refractivity contribution in [2.75, 3.05) is 0 Å². The molecule has 0 spiro atoms. The van der Waals surface area contributed by atoms with E-state index in [0.717, 1.165) is 11.1 Å². The Morgan fingerprint density at radius 2 is 2.11 bits per heavy atom. The first-order chi connectivity index (χ1) is 8.54. The number of benzene rings is 1. The van der Waals surface area contributed by atoms with E-state index in [2.05, 4.69) is 5.10 Å². The Balaban J connectivity index is 2.50. The molecule has 0 aliphatic carbocycles. The lowest BCUT2D eigenvalue weighted by Crippen LogP contribution is -2.10. The lowest BCUT2D eigenvalue weighted by Gasteiger charge is -2.16. The van der Waals surface area contributed by atoms with E-state index >= 15 is 0 Å². The Morgan fingerprint density at radius 1 is 1.39 bits per heavy atom. The third-order valence-corrected chi connectivity index (χ3v) is 3.45. The van der Waals surface area contributed by atoms with Gasteiger partial charge in [-0.3, -0.25) is 4.68 Å². The summed E-state index contributed by atoms with van der Waals surface area (Å²) >= 11 is 12.1. The SMILES string of the molecule is CCn1ncc(Cl)c1C(O)c1cc(Cl)ccc1C. The fourth-order valence-electron chi connectivity index (χ4n) is 1.95. The molecule has 0 fully saturated rings. The van der Waals surface area contributed by atoms with E-state index in [9.17, 15) is 5.11 Å². The molecule has 1 N–H and O–H groups in total. The molecule has 1 aromatic carbocycles. The molecule has 5 heteroatoms. The van der Waals surface area contributed by atoms with Crippen molar-refractivity contribution in [1.29, 1.82) is 0 Å². The second-order valence-corrected chi connectivity index (χ2v) is 4.94. The van der Waals surface area contributed by atoms with E-state index in [0.29, 0.717) is 22.3 Å². The van der Waals surface area contributed by atoms with Crippen molar-refractivity contribution in [3.63, 3.8) is 0 Å². The number of aromatic nitrogens is 2. The van der Waals surface area contributed by atoms with Crippen molar-refractivity contribution in [2.45, 2.75) is 26.5 Å². The Bertz CT molecular complexity index is 566. The summed E-state index contributed by atoms with van der Waals surface area (Å²) in [7, 11) is 0. The predicted octanol–water partition coefficient (Wildman–Crippen LogP) is 3.60. The average molecular weight is 285 g/mol. The molecule has 96 valence electrons. The highest BCUT2D eigenvalue weighted by Crippen LogP contribution is 2.31. The maximum atomic E-state index is 10.5. The van der Waals surface area contributed by atoms with Crippen LogP contribution >= 0.6 is 23.2 Å². The maximum absolute atomic E-state index is 10.5. The highest BCUT2D eigenvalue weighted by Gasteiger charge is 2.21. The number of rotatable bonds is 3. The Morgan fingerprint density at radius 3 is 2.78 bits per heavy atom. The molecule has 18 heavy (non-hydrogen) atoms. The molecule has 0 aliphatic heterocycles. The smallest absolute Gasteiger partial charge is 0.122 e. The summed E-state index contributed by atoms with van der Waals surface area (Å²) in [5, 5.41) is 15.7. The van der Waals surface area contributed by atoms with E-state index < -0.39 is 6.10 Å². The van der Waals surface area contributed by atoms with Crippen LogP contribution in [0, 0.1) is 6.92 Å². The summed E-state index contributed by atoms with van der Waals surface area (Å²) < 4.78 is 1.69. The highest BCUT2D eigenvalue weighted by molar-refractivity contribution is 6.31. The number of halogens is 2. The summed E-state index contributed by atoms with van der Waals surface area (Å²) in [5.74, 6) is 0. The number of aliphatic hydroxyl groups is 1. The predicted molar refractivity (Wildman–Crippen MR) is 73.2 cm³/mol. The fraction of sp³-hybridized carbons (Fsp3) is 0.308. The quantitative estimate of drug-likeness (QED) is 0.935. The van der Waals surface area contributed by atoms with Gasteiger partial charge < -0.3 is 5.11 Å². The summed E-state index contributed by atoms with van der Waals surface area (Å²) in [5.41, 5.74) is 2.32. The van der Waals surface area contributed by atoms with Crippen LogP contribution in [-0.4, -0.2) is 14.9 Å². The lowest BCUT2D eigenvalue weighted by molar-refractivity contribution is 0.207. The minimum absolute atomic E-state index is 0.462. The zero-order valence-corrected chi connectivity index (χ0v) is 11.7. The zero-order chi connectivity index (χ0) is 13.3. The summed E-state index contributed by atoms with van der Waals surface area (Å²) in [6, 6.07) is 5.43. The molecule has 1 atom stereocenters. The Labute approximate surface area is 116 Å². The van der Waals surface area contributed by atoms with Gasteiger partial charge in [-0.25, -0.2) is 0 Å². The molecule has 0 bridgehead atoms. The molecule has 2 aromatic rings. The van der Waals surface area contributed by atoms with Crippen LogP contribution < -0.4 is 0 Å². The van der Waals surface area contributed by atoms with Crippen molar-refractivity contribution in [1.82, 2.24) is 9.78 Å². The van der Waals surface area contributed by atoms with Gasteiger partial charge in [0.2, 0.25) is 0 Å². The van der Waals surface area contributed by atoms with Crippen molar-refractivity contribution < 1.29 is 5.11 Å². The topological polar surface area (TPSA) is 38.0 Å². The number of hydrogen-bond acceptors (Lipinski definition) is 2. The number of nitrogens with zero attached hydrogens (tertiary/aromatic N) is 2. The number of aryl methyl sites for hydroxylation is 2. The molecule has 0 aliphatic rings. The Kier molecular flexibility index (Phi) is 3.95. The lowest BCUT2D eigenvalue weighted by atomic mass is 10.0. The van der Waals surface area contributed by atoms with Gasteiger partial charge in [-0.05, 0) is 37.1 Å². The normalized spacial score (nSPS) is 12.7. The highest BCUT2D eigenvalue weighted by atomic mass is 35.5. The van der Waals surface area contributed by atoms with Gasteiger partial charge in [0.05, 0.1) is 16.9 Å². The molecule has 3 nitrogen and oxygen atoms in total. The standard InChI is InChI=1S/C13H14Cl2N2O/c1-3-17-12(11(15)7-16-17)13(18)10-6-9(14)5-4-8(10)2/h4-7,13,18H,3H2,1-2H3. The molecular formula is C13H14Cl2N2O. The second kappa shape index (κ2) is 5.31. The first kappa shape index (κ1) is 13.4. The second-order valence-electron chi connectivity index (χ2n) is 4.10. The maximum Gasteiger partial charge on any atom is 0.122 e. The van der Waals surface area contributed by atoms with Crippen LogP contribution in [-0.2, 0) is 6.54 Å². The average Bonchev–Trinajstić information content (AvgIpc) is 2.72. The van der Waals surface area contributed by atoms with Crippen molar-refractivity contribution >= 4 is 23.2 Å². The van der Waals surface area contributed by atoms with E-state index in [1.54, 1.807) is 23.0 Å². The zero-order valence-electron chi connectivity index (χ0n) is 10.2. The van der Waals surface area contributed by atoms with Crippen LogP contribution in [0.1, 0.15) is 29.8 Å². The molecule has 0 amide bonds. The van der Waals surface area contributed by atoms with Gasteiger partial charge >= 0.3 is 0 Å². The molecular weight excluding hydrogens is 271 g/mol. The molecule has 1 aromatic heterocycles. The monoisotopic (exact) mass is 284 g/mol. The van der Waals surface area contributed by atoms with Crippen LogP contribution in [0.4, 0.5) is 0 Å². The third-order valence-electron chi connectivity index (χ3n) is 2.93. The van der Waals surface area contributed by atoms with Crippen LogP contribution in [0.5, 0.6) is 0 Å². The van der Waals surface area contributed by atoms with Gasteiger partial charge in [-0.1, -0.05) is 29.3 Å². The van der Waals surface area contributed by atoms with Gasteiger partial charge in [0.25, 0.3) is 0 Å². The van der Waals surface area contributed by atoms with E-state index in [4.69, 9.17) is 23.2 Å². The minimum atomic E-state index is -0.821. The third kappa shape index (κ3) is 2.39. The van der Waals surface area contributed by atoms with E-state index in [-0.39, 0.29) is 0 Å². The number of hydrogen-bond donors (Lipinski definition) is 1. The number of aliphatic hydroxyl groups excluding tert-OH is 1. The van der Waals surface area contributed by atoms with E-state index in [1.807, 2.05) is 19.9 Å². The van der Waals surface area contributed by atoms with Crippen LogP contribution in [0.15, 0.2) is 24.4 Å². The molecule has 0 saturated carbocycles. The van der Waals surface area contributed by atoms with Gasteiger partial charge in [-0.15, -0.1) is 0 Å². The molecule has 2 rings (SSSR count). The van der Waals surface area contributed by atoms with Gasteiger partial charge in [0.15, 0.2) is 0 Å². The van der Waals surface area contributed by atoms with Gasteiger partial charge in [0.1, 0.15) is 6.10 Å². The first-order valence-corrected chi connectivity index (χ1v) is 6.45. The largest absolute Gasteiger partial charge is 0.382 e. The fourth-order valence-corrected chi connectivity index (χ4v) is 2.37. The molecule has 0 radical (unpaired) electrons.